The molecule has 0 aromatic heterocycles. The van der Waals surface area contributed by atoms with Gasteiger partial charge in [0, 0.05) is 41.2 Å². The van der Waals surface area contributed by atoms with Gasteiger partial charge in [0.2, 0.25) is 0 Å². The first-order chi connectivity index (χ1) is 13.6. The zero-order valence-corrected chi connectivity index (χ0v) is 24.0. The van der Waals surface area contributed by atoms with Gasteiger partial charge in [-0.05, 0) is 12.5 Å². The molecular formula is C23H38O4P2Y-2. The Morgan fingerprint density at radius 1 is 1.03 bits per heavy atom. The van der Waals surface area contributed by atoms with E-state index < -0.39 is 18.3 Å². The van der Waals surface area contributed by atoms with E-state index in [0.29, 0.717) is 0 Å². The van der Waals surface area contributed by atoms with Gasteiger partial charge < -0.3 is 26.9 Å². The fourth-order valence-electron chi connectivity index (χ4n) is 2.56. The van der Waals surface area contributed by atoms with E-state index >= 15 is 0 Å². The molecule has 2 unspecified atom stereocenters. The summed E-state index contributed by atoms with van der Waals surface area (Å²) in [5.41, 5.74) is 0.739. The van der Waals surface area contributed by atoms with Crippen molar-refractivity contribution >= 4 is 17.4 Å². The van der Waals surface area contributed by atoms with Crippen LogP contribution < -0.4 is 0 Å². The molecule has 1 fully saturated rings. The van der Waals surface area contributed by atoms with Gasteiger partial charge in [-0.2, -0.15) is 36.4 Å². The van der Waals surface area contributed by atoms with Crippen LogP contribution in [0, 0.1) is 13.5 Å². The van der Waals surface area contributed by atoms with E-state index in [-0.39, 0.29) is 60.8 Å². The van der Waals surface area contributed by atoms with Crippen LogP contribution in [0.1, 0.15) is 46.3 Å². The number of benzene rings is 2. The molecule has 2 aromatic rings. The fraction of sp³-hybridized carbons (Fsp3) is 0.435. The van der Waals surface area contributed by atoms with Gasteiger partial charge in [0.1, 0.15) is 24.4 Å². The second kappa shape index (κ2) is 22.4. The summed E-state index contributed by atoms with van der Waals surface area (Å²) in [5, 5.41) is 20.4. The van der Waals surface area contributed by atoms with Crippen LogP contribution in [0.25, 0.3) is 0 Å². The third-order valence-electron chi connectivity index (χ3n) is 3.77. The van der Waals surface area contributed by atoms with Crippen LogP contribution in [0.15, 0.2) is 60.7 Å². The van der Waals surface area contributed by atoms with Crippen molar-refractivity contribution in [2.45, 2.75) is 65.1 Å². The van der Waals surface area contributed by atoms with Gasteiger partial charge in [0.15, 0.2) is 0 Å². The Hall–Kier alpha value is 0.244. The second-order valence-electron chi connectivity index (χ2n) is 5.43. The molecule has 1 aliphatic rings. The van der Waals surface area contributed by atoms with E-state index in [1.165, 1.54) is 0 Å². The van der Waals surface area contributed by atoms with E-state index in [9.17, 15) is 10.2 Å². The third-order valence-corrected chi connectivity index (χ3v) is 4.59. The van der Waals surface area contributed by atoms with Crippen LogP contribution in [0.4, 0.5) is 0 Å². The summed E-state index contributed by atoms with van der Waals surface area (Å²) in [4.78, 5) is 0. The molecule has 1 aliphatic heterocycles. The largest absolute Gasteiger partial charge is 0.387 e. The van der Waals surface area contributed by atoms with Gasteiger partial charge >= 0.3 is 0 Å². The third kappa shape index (κ3) is 12.3. The average molecular weight is 529 g/mol. The molecule has 1 saturated heterocycles. The standard InChI is InChI=1S/C12H18O4P2.C6H5.2C2H6.CH3.Y/c1-7-11(16-18-17)10(14)12(15-7)9(13)8-5-3-2-4-6-8;1-2-4-6-5-3-1;2*1-2;;/h2-7,9-14,18H,17H2,1H3;1-5H;2*1-2H3;1H3;/q;-1;;;-1;/t7-,9-,10-,11+,12-;;;;;/m0...../s1. The normalized spacial score (nSPS) is 22.5. The summed E-state index contributed by atoms with van der Waals surface area (Å²) >= 11 is 0. The molecule has 0 spiro atoms. The molecule has 7 atom stereocenters. The molecule has 0 aliphatic carbocycles. The van der Waals surface area contributed by atoms with Crippen LogP contribution in [0.5, 0.6) is 0 Å². The van der Waals surface area contributed by atoms with Gasteiger partial charge in [-0.1, -0.05) is 67.0 Å². The van der Waals surface area contributed by atoms with Crippen molar-refractivity contribution in [3.05, 3.63) is 79.7 Å². The van der Waals surface area contributed by atoms with Crippen LogP contribution in [0.3, 0.4) is 0 Å². The smallest absolute Gasteiger partial charge is 0.117 e. The van der Waals surface area contributed by atoms with Crippen molar-refractivity contribution < 1.29 is 52.2 Å². The summed E-state index contributed by atoms with van der Waals surface area (Å²) in [5.74, 6) is 0. The van der Waals surface area contributed by atoms with E-state index in [4.69, 9.17) is 9.26 Å². The molecule has 0 saturated carbocycles. The van der Waals surface area contributed by atoms with Crippen LogP contribution in [-0.2, 0) is 42.0 Å². The van der Waals surface area contributed by atoms with E-state index in [2.05, 4.69) is 15.0 Å². The van der Waals surface area contributed by atoms with E-state index in [1.54, 1.807) is 0 Å². The predicted molar refractivity (Wildman–Crippen MR) is 129 cm³/mol. The fourth-order valence-corrected chi connectivity index (χ4v) is 3.52. The van der Waals surface area contributed by atoms with Gasteiger partial charge in [-0.25, -0.2) is 0 Å². The number of hydrogen-bond acceptors (Lipinski definition) is 4. The zero-order valence-electron chi connectivity index (χ0n) is 19.0. The van der Waals surface area contributed by atoms with Crippen molar-refractivity contribution in [2.24, 2.45) is 0 Å². The maximum absolute atomic E-state index is 10.3. The van der Waals surface area contributed by atoms with Gasteiger partial charge in [-0.3, -0.25) is 0 Å². The molecule has 0 bridgehead atoms. The minimum Gasteiger partial charge on any atom is -0.387 e. The molecule has 1 heterocycles. The minimum absolute atomic E-state index is 0. The number of ether oxygens (including phenoxy) is 1. The minimum atomic E-state index is -0.843. The molecule has 4 nitrogen and oxygen atoms in total. The molecular weight excluding hydrogens is 491 g/mol. The number of aliphatic hydroxyl groups excluding tert-OH is 2. The van der Waals surface area contributed by atoms with Crippen molar-refractivity contribution in [3.63, 3.8) is 0 Å². The summed E-state index contributed by atoms with van der Waals surface area (Å²) in [6.07, 6.45) is -2.91. The van der Waals surface area contributed by atoms with Crippen LogP contribution in [0.2, 0.25) is 0 Å². The summed E-state index contributed by atoms with van der Waals surface area (Å²) in [6, 6.07) is 21.7. The van der Waals surface area contributed by atoms with Crippen molar-refractivity contribution in [2.75, 3.05) is 0 Å². The van der Waals surface area contributed by atoms with E-state index in [0.717, 1.165) is 5.56 Å². The first kappa shape index (κ1) is 34.8. The first-order valence-corrected chi connectivity index (χ1v) is 12.5. The van der Waals surface area contributed by atoms with Gasteiger partial charge in [0.05, 0.1) is 6.10 Å². The first-order valence-electron chi connectivity index (χ1n) is 9.74. The average Bonchev–Trinajstić information content (AvgIpc) is 3.07. The Morgan fingerprint density at radius 2 is 1.53 bits per heavy atom. The number of rotatable bonds is 4. The van der Waals surface area contributed by atoms with Crippen molar-refractivity contribution in [3.8, 4) is 0 Å². The molecule has 2 N–H and O–H groups in total. The maximum atomic E-state index is 10.3. The molecule has 1 radical (unpaired) electrons. The second-order valence-corrected chi connectivity index (χ2v) is 6.61. The summed E-state index contributed by atoms with van der Waals surface area (Å²) in [6.45, 7) is 9.84. The maximum Gasteiger partial charge on any atom is 0.117 e. The Labute approximate surface area is 213 Å². The molecule has 169 valence electrons. The molecule has 30 heavy (non-hydrogen) atoms. The van der Waals surface area contributed by atoms with Crippen LogP contribution >= 0.6 is 17.4 Å². The van der Waals surface area contributed by atoms with Crippen molar-refractivity contribution in [1.82, 2.24) is 0 Å². The predicted octanol–water partition coefficient (Wildman–Crippen LogP) is 5.62. The molecule has 3 rings (SSSR count). The Kier molecular flexibility index (Phi) is 26.1. The Morgan fingerprint density at radius 3 is 1.93 bits per heavy atom. The van der Waals surface area contributed by atoms with Gasteiger partial charge in [-0.15, -0.1) is 0 Å². The SMILES string of the molecule is CC.CC.C[C@@H]1O[C@@H]([C@@H](O)c2ccccc2)[C@@H](O)[C@@H]1OPP.[CH3-].[Y].[c-]1ccccc1. The van der Waals surface area contributed by atoms with Gasteiger partial charge in [0.25, 0.3) is 0 Å². The summed E-state index contributed by atoms with van der Waals surface area (Å²) < 4.78 is 11.1. The molecule has 2 aromatic carbocycles. The summed E-state index contributed by atoms with van der Waals surface area (Å²) in [7, 11) is 2.68. The monoisotopic (exact) mass is 529 g/mol. The number of hydrogen-bond donors (Lipinski definition) is 2. The molecule has 7 heteroatoms. The van der Waals surface area contributed by atoms with Crippen LogP contribution in [-0.4, -0.2) is 34.6 Å². The topological polar surface area (TPSA) is 58.9 Å². The Bertz CT molecular complexity index is 551. The van der Waals surface area contributed by atoms with Crippen molar-refractivity contribution in [1.29, 1.82) is 0 Å². The molecule has 0 amide bonds. The quantitative estimate of drug-likeness (QED) is 0.399. The number of aliphatic hydroxyl groups is 2. The zero-order chi connectivity index (χ0) is 21.4. The Balaban J connectivity index is -0.000000514. The van der Waals surface area contributed by atoms with E-state index in [1.807, 2.05) is 95.3 Å².